The molecule has 2 aromatic heterocycles. The molecule has 0 saturated heterocycles. The summed E-state index contributed by atoms with van der Waals surface area (Å²) in [5.74, 6) is -1.32. The molecule has 0 aliphatic rings. The molecule has 0 aliphatic carbocycles. The van der Waals surface area contributed by atoms with Crippen molar-refractivity contribution < 1.29 is 26.4 Å². The number of benzene rings is 2. The average Bonchev–Trinajstić information content (AvgIpc) is 3.27. The Morgan fingerprint density at radius 1 is 0.964 bits per heavy atom. The normalized spacial score (nSPS) is 12.0. The van der Waals surface area contributed by atoms with E-state index in [-0.39, 0.29) is 18.7 Å². The van der Waals surface area contributed by atoms with Crippen LogP contribution in [0.25, 0.3) is 22.6 Å². The molecule has 0 atom stereocenters. The summed E-state index contributed by atoms with van der Waals surface area (Å²) in [6.45, 7) is 0. The van der Waals surface area contributed by atoms with Gasteiger partial charge in [-0.2, -0.15) is 18.4 Å². The molecular weight excluding hydrogens is 383 g/mol. The molecule has 28 heavy (non-hydrogen) atoms. The molecule has 0 saturated carbocycles. The monoisotopic (exact) mass is 394 g/mol. The minimum absolute atomic E-state index is 0.158. The van der Waals surface area contributed by atoms with E-state index in [1.54, 1.807) is 6.07 Å². The highest BCUT2D eigenvalue weighted by Crippen LogP contribution is 2.32. The van der Waals surface area contributed by atoms with Crippen molar-refractivity contribution in [3.63, 3.8) is 0 Å². The molecule has 4 aromatic rings. The van der Waals surface area contributed by atoms with E-state index in [1.807, 2.05) is 0 Å². The minimum atomic E-state index is -4.75. The van der Waals surface area contributed by atoms with Gasteiger partial charge in [-0.15, -0.1) is 10.2 Å². The summed E-state index contributed by atoms with van der Waals surface area (Å²) in [7, 11) is 0. The van der Waals surface area contributed by atoms with Gasteiger partial charge in [-0.1, -0.05) is 6.07 Å². The Balaban J connectivity index is 1.56. The first-order valence-electron chi connectivity index (χ1n) is 8.12. The van der Waals surface area contributed by atoms with E-state index in [1.165, 1.54) is 18.2 Å². The number of nitrogens with zero attached hydrogens (tertiary/aromatic N) is 3. The first kappa shape index (κ1) is 18.1. The van der Waals surface area contributed by atoms with Crippen LogP contribution in [0.5, 0.6) is 0 Å². The summed E-state index contributed by atoms with van der Waals surface area (Å²) in [6.07, 6.45) is -4.43. The van der Waals surface area contributed by atoms with Gasteiger partial charge < -0.3 is 4.42 Å². The topological polar surface area (TPSA) is 67.6 Å². The molecule has 0 bridgehead atoms. The molecule has 0 radical (unpaired) electrons. The van der Waals surface area contributed by atoms with Gasteiger partial charge in [0.15, 0.2) is 5.76 Å². The fourth-order valence-electron chi connectivity index (χ4n) is 2.89. The third-order valence-corrected chi connectivity index (χ3v) is 4.27. The van der Waals surface area contributed by atoms with E-state index in [4.69, 9.17) is 4.42 Å². The number of nitrogens with one attached hydrogen (secondary N) is 1. The zero-order valence-electron chi connectivity index (χ0n) is 14.0. The van der Waals surface area contributed by atoms with Crippen LogP contribution in [0.3, 0.4) is 0 Å². The fraction of sp³-hybridized carbons (Fsp3) is 0.167. The number of fused-ring (bicyclic) bond motifs is 1. The number of aromatic amines is 1. The predicted molar refractivity (Wildman–Crippen MR) is 88.2 cm³/mol. The van der Waals surface area contributed by atoms with Gasteiger partial charge in [0.1, 0.15) is 17.2 Å². The van der Waals surface area contributed by atoms with Crippen LogP contribution in [-0.4, -0.2) is 20.6 Å². The van der Waals surface area contributed by atoms with Crippen molar-refractivity contribution in [2.24, 2.45) is 0 Å². The number of hydrogen-bond donors (Lipinski definition) is 1. The van der Waals surface area contributed by atoms with Gasteiger partial charge in [-0.25, -0.2) is 8.78 Å². The van der Waals surface area contributed by atoms with Crippen LogP contribution in [0.1, 0.15) is 16.7 Å². The van der Waals surface area contributed by atoms with E-state index in [0.29, 0.717) is 33.9 Å². The Labute approximate surface area is 154 Å². The highest BCUT2D eigenvalue weighted by Gasteiger charge is 2.33. The van der Waals surface area contributed by atoms with E-state index in [9.17, 15) is 22.0 Å². The highest BCUT2D eigenvalue weighted by atomic mass is 19.4. The van der Waals surface area contributed by atoms with Crippen molar-refractivity contribution in [2.75, 3.05) is 0 Å². The lowest BCUT2D eigenvalue weighted by molar-refractivity contribution is -0.140. The molecule has 0 fully saturated rings. The van der Waals surface area contributed by atoms with Crippen LogP contribution < -0.4 is 0 Å². The number of halogens is 5. The number of H-pyrrole nitrogens is 1. The van der Waals surface area contributed by atoms with Crippen molar-refractivity contribution in [1.82, 2.24) is 20.6 Å². The molecule has 0 spiro atoms. The zero-order chi connectivity index (χ0) is 19.9. The Morgan fingerprint density at radius 2 is 1.79 bits per heavy atom. The first-order chi connectivity index (χ1) is 13.3. The van der Waals surface area contributed by atoms with E-state index in [2.05, 4.69) is 20.6 Å². The van der Waals surface area contributed by atoms with Crippen molar-refractivity contribution >= 4 is 11.0 Å². The average molecular weight is 394 g/mol. The van der Waals surface area contributed by atoms with Crippen molar-refractivity contribution in [1.29, 1.82) is 0 Å². The molecule has 0 amide bonds. The Hall–Kier alpha value is -3.30. The maximum Gasteiger partial charge on any atom is 0.419 e. The first-order valence-corrected chi connectivity index (χ1v) is 8.12. The Morgan fingerprint density at radius 3 is 2.46 bits per heavy atom. The SMILES string of the molecule is Fc1cc2cc(-c3nn[nH]n3)oc2cc1CCc1ccc(C(F)(F)F)c(F)c1. The van der Waals surface area contributed by atoms with Crippen molar-refractivity contribution in [3.05, 3.63) is 64.7 Å². The van der Waals surface area contributed by atoms with Gasteiger partial charge >= 0.3 is 6.18 Å². The lowest BCUT2D eigenvalue weighted by Crippen LogP contribution is -2.08. The summed E-state index contributed by atoms with van der Waals surface area (Å²) in [5, 5.41) is 13.8. The zero-order valence-corrected chi connectivity index (χ0v) is 14.0. The predicted octanol–water partition coefficient (Wildman–Crippen LogP) is 4.70. The van der Waals surface area contributed by atoms with Crippen LogP contribution >= 0.6 is 0 Å². The van der Waals surface area contributed by atoms with Crippen LogP contribution in [0.15, 0.2) is 40.8 Å². The quantitative estimate of drug-likeness (QED) is 0.510. The molecule has 144 valence electrons. The summed E-state index contributed by atoms with van der Waals surface area (Å²) in [4.78, 5) is 0. The van der Waals surface area contributed by atoms with Gasteiger partial charge in [-0.05, 0) is 59.5 Å². The molecule has 4 rings (SSSR count). The van der Waals surface area contributed by atoms with Gasteiger partial charge in [0.2, 0.25) is 5.82 Å². The molecule has 0 unspecified atom stereocenters. The maximum atomic E-state index is 14.4. The lowest BCUT2D eigenvalue weighted by atomic mass is 10.0. The van der Waals surface area contributed by atoms with Crippen LogP contribution in [-0.2, 0) is 19.0 Å². The third-order valence-electron chi connectivity index (χ3n) is 4.27. The second-order valence-electron chi connectivity index (χ2n) is 6.14. The maximum absolute atomic E-state index is 14.4. The van der Waals surface area contributed by atoms with Gasteiger partial charge in [0.05, 0.1) is 5.56 Å². The Bertz CT molecular complexity index is 1140. The van der Waals surface area contributed by atoms with Crippen LogP contribution in [0, 0.1) is 11.6 Å². The molecule has 5 nitrogen and oxygen atoms in total. The fourth-order valence-corrected chi connectivity index (χ4v) is 2.89. The van der Waals surface area contributed by atoms with E-state index in [0.717, 1.165) is 6.07 Å². The second-order valence-corrected chi connectivity index (χ2v) is 6.14. The number of rotatable bonds is 4. The number of aryl methyl sites for hydroxylation is 2. The molecule has 2 heterocycles. The molecule has 0 aliphatic heterocycles. The number of aromatic nitrogens is 4. The number of furan rings is 1. The second kappa shape index (κ2) is 6.70. The number of tetrazole rings is 1. The number of hydrogen-bond acceptors (Lipinski definition) is 4. The molecule has 2 aromatic carbocycles. The van der Waals surface area contributed by atoms with Gasteiger partial charge in [-0.3, -0.25) is 0 Å². The third kappa shape index (κ3) is 3.45. The minimum Gasteiger partial charge on any atom is -0.453 e. The van der Waals surface area contributed by atoms with Crippen LogP contribution in [0.2, 0.25) is 0 Å². The van der Waals surface area contributed by atoms with Crippen molar-refractivity contribution in [2.45, 2.75) is 19.0 Å². The standard InChI is InChI=1S/C18H11F5N4O/c19-13-6-11-8-16(17-24-26-27-25-17)28-15(11)7-10(13)3-1-9-2-4-12(14(20)5-9)18(21,22)23/h2,4-8H,1,3H2,(H,24,25,26,27). The van der Waals surface area contributed by atoms with E-state index < -0.39 is 23.4 Å². The largest absolute Gasteiger partial charge is 0.453 e. The summed E-state index contributed by atoms with van der Waals surface area (Å²) >= 11 is 0. The molecule has 1 N–H and O–H groups in total. The molecular formula is C18H11F5N4O. The van der Waals surface area contributed by atoms with Gasteiger partial charge in [0, 0.05) is 5.39 Å². The molecule has 10 heteroatoms. The highest BCUT2D eigenvalue weighted by molar-refractivity contribution is 5.82. The van der Waals surface area contributed by atoms with Crippen molar-refractivity contribution in [3.8, 4) is 11.6 Å². The van der Waals surface area contributed by atoms with Crippen LogP contribution in [0.4, 0.5) is 22.0 Å². The summed E-state index contributed by atoms with van der Waals surface area (Å²) in [6, 6.07) is 7.04. The number of alkyl halides is 3. The Kier molecular flexibility index (Phi) is 4.33. The summed E-state index contributed by atoms with van der Waals surface area (Å²) in [5.41, 5.74) is -0.304. The summed E-state index contributed by atoms with van der Waals surface area (Å²) < 4.78 is 71.5. The lowest BCUT2D eigenvalue weighted by Gasteiger charge is -2.09. The smallest absolute Gasteiger partial charge is 0.419 e. The van der Waals surface area contributed by atoms with E-state index >= 15 is 0 Å². The van der Waals surface area contributed by atoms with Gasteiger partial charge in [0.25, 0.3) is 0 Å².